The van der Waals surface area contributed by atoms with Gasteiger partial charge in [0.2, 0.25) is 5.82 Å². The number of nitrogens with one attached hydrogen (secondary N) is 1. The highest BCUT2D eigenvalue weighted by Gasteiger charge is 2.34. The summed E-state index contributed by atoms with van der Waals surface area (Å²) in [4.78, 5) is 6.89. The van der Waals surface area contributed by atoms with E-state index in [-0.39, 0.29) is 6.04 Å². The number of ether oxygens (including phenoxy) is 1. The average molecular weight is 497 g/mol. The summed E-state index contributed by atoms with van der Waals surface area (Å²) >= 11 is 5.83. The summed E-state index contributed by atoms with van der Waals surface area (Å²) in [7, 11) is 0. The Morgan fingerprint density at radius 3 is 2.39 bits per heavy atom. The van der Waals surface area contributed by atoms with Crippen molar-refractivity contribution in [2.45, 2.75) is 33.4 Å². The number of benzene rings is 3. The fourth-order valence-corrected chi connectivity index (χ4v) is 4.66. The van der Waals surface area contributed by atoms with Crippen LogP contribution in [0.3, 0.4) is 0 Å². The first-order valence-corrected chi connectivity index (χ1v) is 12.4. The fourth-order valence-electron chi connectivity index (χ4n) is 4.34. The quantitative estimate of drug-likeness (QED) is 0.301. The van der Waals surface area contributed by atoms with Crippen LogP contribution in [0.2, 0.25) is 0 Å². The molecule has 7 heteroatoms. The predicted molar refractivity (Wildman–Crippen MR) is 145 cm³/mol. The van der Waals surface area contributed by atoms with Crippen molar-refractivity contribution in [3.05, 3.63) is 107 Å². The van der Waals surface area contributed by atoms with Crippen LogP contribution in [0, 0.1) is 6.92 Å². The number of nitrogens with zero attached hydrogens (tertiary/aromatic N) is 3. The van der Waals surface area contributed by atoms with E-state index in [0.717, 1.165) is 33.7 Å². The van der Waals surface area contributed by atoms with Crippen molar-refractivity contribution >= 4 is 22.9 Å². The van der Waals surface area contributed by atoms with Gasteiger partial charge in [-0.3, -0.25) is 0 Å². The molecule has 1 unspecified atom stereocenters. The van der Waals surface area contributed by atoms with Gasteiger partial charge in [-0.2, -0.15) is 4.98 Å². The zero-order chi connectivity index (χ0) is 25.1. The van der Waals surface area contributed by atoms with Gasteiger partial charge in [0.15, 0.2) is 5.11 Å². The molecule has 2 heterocycles. The normalized spacial score (nSPS) is 15.7. The lowest BCUT2D eigenvalue weighted by Gasteiger charge is -2.37. The van der Waals surface area contributed by atoms with E-state index in [0.29, 0.717) is 30.0 Å². The Morgan fingerprint density at radius 2 is 1.69 bits per heavy atom. The largest absolute Gasteiger partial charge is 0.494 e. The molecule has 0 spiro atoms. The first kappa shape index (κ1) is 23.8. The molecule has 0 aliphatic carbocycles. The fraction of sp³-hybridized carbons (Fsp3) is 0.207. The lowest BCUT2D eigenvalue weighted by atomic mass is 9.94. The molecule has 0 saturated heterocycles. The monoisotopic (exact) mass is 496 g/mol. The molecule has 1 N–H and O–H groups in total. The van der Waals surface area contributed by atoms with Gasteiger partial charge in [0.1, 0.15) is 5.75 Å². The minimum absolute atomic E-state index is 0.244. The van der Waals surface area contributed by atoms with Gasteiger partial charge in [-0.15, -0.1) is 0 Å². The lowest BCUT2D eigenvalue weighted by Crippen LogP contribution is -2.45. The second-order valence-electron chi connectivity index (χ2n) is 8.74. The maximum Gasteiger partial charge on any atom is 0.258 e. The van der Waals surface area contributed by atoms with Crippen LogP contribution >= 0.6 is 12.2 Å². The summed E-state index contributed by atoms with van der Waals surface area (Å²) in [5.41, 5.74) is 6.15. The van der Waals surface area contributed by atoms with Gasteiger partial charge < -0.3 is 19.5 Å². The Balaban J connectivity index is 1.57. The molecule has 0 amide bonds. The first-order chi connectivity index (χ1) is 17.5. The summed E-state index contributed by atoms with van der Waals surface area (Å²) in [6, 6.07) is 26.1. The standard InChI is InChI=1S/C29H28N4O2S/c1-4-34-24-16-14-22(15-17-24)26-25(28-31-27(32-35-28)23-12-10-19(2)11-13-23)20(3)33(29(36)30-26)18-21-8-6-5-7-9-21/h5-17,26H,4,18H2,1-3H3,(H,30,36). The molecule has 3 aromatic carbocycles. The van der Waals surface area contributed by atoms with Crippen molar-refractivity contribution in [3.63, 3.8) is 0 Å². The van der Waals surface area contributed by atoms with Gasteiger partial charge in [-0.1, -0.05) is 77.5 Å². The van der Waals surface area contributed by atoms with Crippen LogP contribution in [-0.2, 0) is 6.54 Å². The molecule has 0 saturated carbocycles. The topological polar surface area (TPSA) is 63.4 Å². The van der Waals surface area contributed by atoms with Crippen molar-refractivity contribution in [1.82, 2.24) is 20.4 Å². The van der Waals surface area contributed by atoms with Crippen LogP contribution in [-0.4, -0.2) is 26.8 Å². The van der Waals surface area contributed by atoms with Crippen LogP contribution < -0.4 is 10.1 Å². The number of rotatable bonds is 7. The van der Waals surface area contributed by atoms with Crippen molar-refractivity contribution in [1.29, 1.82) is 0 Å². The molecular formula is C29H28N4O2S. The number of hydrogen-bond acceptors (Lipinski definition) is 5. The minimum Gasteiger partial charge on any atom is -0.494 e. The molecule has 1 aromatic heterocycles. The van der Waals surface area contributed by atoms with E-state index in [4.69, 9.17) is 26.5 Å². The molecule has 4 aromatic rings. The molecule has 5 rings (SSSR count). The first-order valence-electron chi connectivity index (χ1n) is 12.0. The van der Waals surface area contributed by atoms with Gasteiger partial charge in [0, 0.05) is 17.8 Å². The number of thiocarbonyl (C=S) groups is 1. The summed E-state index contributed by atoms with van der Waals surface area (Å²) in [6.45, 7) is 7.34. The molecule has 1 atom stereocenters. The van der Waals surface area contributed by atoms with Crippen molar-refractivity contribution in [2.75, 3.05) is 6.61 Å². The minimum atomic E-state index is -0.244. The number of aromatic nitrogens is 2. The van der Waals surface area contributed by atoms with E-state index in [1.807, 2.05) is 73.7 Å². The van der Waals surface area contributed by atoms with Crippen LogP contribution in [0.25, 0.3) is 17.0 Å². The molecule has 1 aliphatic heterocycles. The summed E-state index contributed by atoms with van der Waals surface area (Å²) in [5, 5.41) is 8.47. The van der Waals surface area contributed by atoms with E-state index in [1.165, 1.54) is 5.56 Å². The van der Waals surface area contributed by atoms with E-state index in [1.54, 1.807) is 0 Å². The van der Waals surface area contributed by atoms with E-state index in [2.05, 4.69) is 41.4 Å². The lowest BCUT2D eigenvalue weighted by molar-refractivity contribution is 0.340. The third-order valence-corrected chi connectivity index (χ3v) is 6.61. The second kappa shape index (κ2) is 10.3. The Morgan fingerprint density at radius 1 is 0.972 bits per heavy atom. The SMILES string of the molecule is CCOc1ccc(C2NC(=S)N(Cc3ccccc3)C(C)=C2c2nc(-c3ccc(C)cc3)no2)cc1. The Bertz CT molecular complexity index is 1380. The van der Waals surface area contributed by atoms with Crippen LogP contribution in [0.1, 0.15) is 42.5 Å². The highest BCUT2D eigenvalue weighted by Crippen LogP contribution is 2.38. The average Bonchev–Trinajstić information content (AvgIpc) is 3.38. The van der Waals surface area contributed by atoms with Crippen molar-refractivity contribution in [2.24, 2.45) is 0 Å². The zero-order valence-corrected chi connectivity index (χ0v) is 21.4. The molecule has 0 bridgehead atoms. The van der Waals surface area contributed by atoms with E-state index >= 15 is 0 Å². The summed E-state index contributed by atoms with van der Waals surface area (Å²) < 4.78 is 11.5. The highest BCUT2D eigenvalue weighted by atomic mass is 32.1. The van der Waals surface area contributed by atoms with Gasteiger partial charge in [-0.25, -0.2) is 0 Å². The highest BCUT2D eigenvalue weighted by molar-refractivity contribution is 7.80. The van der Waals surface area contributed by atoms with Gasteiger partial charge >= 0.3 is 0 Å². The molecule has 6 nitrogen and oxygen atoms in total. The summed E-state index contributed by atoms with van der Waals surface area (Å²) in [6.07, 6.45) is 0. The van der Waals surface area contributed by atoms with Gasteiger partial charge in [-0.05, 0) is 56.2 Å². The van der Waals surface area contributed by atoms with Crippen LogP contribution in [0.5, 0.6) is 5.75 Å². The predicted octanol–water partition coefficient (Wildman–Crippen LogP) is 6.31. The summed E-state index contributed by atoms with van der Waals surface area (Å²) in [5.74, 6) is 1.85. The maximum atomic E-state index is 5.85. The third-order valence-electron chi connectivity index (χ3n) is 6.27. The van der Waals surface area contributed by atoms with Crippen LogP contribution in [0.15, 0.2) is 89.1 Å². The Kier molecular flexibility index (Phi) is 6.82. The zero-order valence-electron chi connectivity index (χ0n) is 20.6. The molecule has 0 radical (unpaired) electrons. The Hall–Kier alpha value is -3.97. The van der Waals surface area contributed by atoms with Gasteiger partial charge in [0.25, 0.3) is 5.89 Å². The van der Waals surface area contributed by atoms with E-state index < -0.39 is 0 Å². The second-order valence-corrected chi connectivity index (χ2v) is 9.13. The molecule has 182 valence electrons. The van der Waals surface area contributed by atoms with E-state index in [9.17, 15) is 0 Å². The van der Waals surface area contributed by atoms with Crippen molar-refractivity contribution in [3.8, 4) is 17.1 Å². The third kappa shape index (κ3) is 4.88. The number of allylic oxidation sites excluding steroid dienone is 1. The molecule has 36 heavy (non-hydrogen) atoms. The molecular weight excluding hydrogens is 468 g/mol. The number of aryl methyl sites for hydroxylation is 1. The van der Waals surface area contributed by atoms with Gasteiger partial charge in [0.05, 0.1) is 18.2 Å². The van der Waals surface area contributed by atoms with Crippen molar-refractivity contribution < 1.29 is 9.26 Å². The van der Waals surface area contributed by atoms with Crippen LogP contribution in [0.4, 0.5) is 0 Å². The Labute approximate surface area is 216 Å². The molecule has 1 aliphatic rings. The maximum absolute atomic E-state index is 5.85. The molecule has 0 fully saturated rings. The smallest absolute Gasteiger partial charge is 0.258 e. The number of hydrogen-bond donors (Lipinski definition) is 1.